The summed E-state index contributed by atoms with van der Waals surface area (Å²) in [6.45, 7) is 3.46. The van der Waals surface area contributed by atoms with Crippen molar-refractivity contribution in [1.29, 1.82) is 0 Å². The Kier molecular flexibility index (Phi) is 6.63. The topological polar surface area (TPSA) is 59.1 Å². The smallest absolute Gasteiger partial charge is 0.225 e. The van der Waals surface area contributed by atoms with Crippen LogP contribution in [0.3, 0.4) is 0 Å². The van der Waals surface area contributed by atoms with Crippen LogP contribution in [0.25, 0.3) is 11.3 Å². The van der Waals surface area contributed by atoms with Crippen LogP contribution in [-0.2, 0) is 4.74 Å². The summed E-state index contributed by atoms with van der Waals surface area (Å²) >= 11 is 6.14. The molecule has 27 heavy (non-hydrogen) atoms. The van der Waals surface area contributed by atoms with E-state index in [2.05, 4.69) is 20.6 Å². The monoisotopic (exact) mass is 382 g/mol. The highest BCUT2D eigenvalue weighted by Crippen LogP contribution is 2.26. The molecule has 3 rings (SSSR count). The van der Waals surface area contributed by atoms with Crippen LogP contribution < -0.4 is 10.6 Å². The minimum Gasteiger partial charge on any atom is -0.385 e. The number of methoxy groups -OCH3 is 1. The van der Waals surface area contributed by atoms with E-state index in [1.54, 1.807) is 7.11 Å². The van der Waals surface area contributed by atoms with Gasteiger partial charge >= 0.3 is 0 Å². The zero-order valence-corrected chi connectivity index (χ0v) is 16.3. The minimum absolute atomic E-state index is 0.578. The summed E-state index contributed by atoms with van der Waals surface area (Å²) < 4.78 is 5.09. The maximum absolute atomic E-state index is 6.14. The highest BCUT2D eigenvalue weighted by atomic mass is 35.5. The van der Waals surface area contributed by atoms with Crippen molar-refractivity contribution in [1.82, 2.24) is 9.97 Å². The Morgan fingerprint density at radius 1 is 1.04 bits per heavy atom. The fourth-order valence-electron chi connectivity index (χ4n) is 2.63. The van der Waals surface area contributed by atoms with E-state index in [9.17, 15) is 0 Å². The lowest BCUT2D eigenvalue weighted by Gasteiger charge is -2.13. The zero-order valence-electron chi connectivity index (χ0n) is 15.5. The average Bonchev–Trinajstić information content (AvgIpc) is 2.69. The number of aromatic nitrogens is 2. The fraction of sp³-hybridized carbons (Fsp3) is 0.238. The lowest BCUT2D eigenvalue weighted by Crippen LogP contribution is -2.09. The molecule has 0 fully saturated rings. The number of hydrogen-bond donors (Lipinski definition) is 2. The number of rotatable bonds is 8. The van der Waals surface area contributed by atoms with E-state index >= 15 is 0 Å². The molecule has 0 radical (unpaired) electrons. The number of hydrogen-bond acceptors (Lipinski definition) is 5. The normalized spacial score (nSPS) is 10.6. The van der Waals surface area contributed by atoms with E-state index in [-0.39, 0.29) is 0 Å². The van der Waals surface area contributed by atoms with Crippen molar-refractivity contribution < 1.29 is 4.74 Å². The molecule has 0 aliphatic carbocycles. The summed E-state index contributed by atoms with van der Waals surface area (Å²) in [7, 11) is 1.70. The maximum Gasteiger partial charge on any atom is 0.225 e. The first-order chi connectivity index (χ1) is 13.2. The summed E-state index contributed by atoms with van der Waals surface area (Å²) in [6, 6.07) is 17.7. The molecule has 0 aliphatic heterocycles. The first kappa shape index (κ1) is 19.1. The van der Waals surface area contributed by atoms with Gasteiger partial charge in [-0.15, -0.1) is 0 Å². The van der Waals surface area contributed by atoms with Gasteiger partial charge in [-0.3, -0.25) is 0 Å². The van der Waals surface area contributed by atoms with Gasteiger partial charge in [0.05, 0.1) is 5.69 Å². The highest BCUT2D eigenvalue weighted by Gasteiger charge is 2.08. The molecule has 1 heterocycles. The predicted octanol–water partition coefficient (Wildman–Crippen LogP) is 5.30. The molecule has 0 bridgehead atoms. The number of ether oxygens (including phenoxy) is 1. The molecule has 0 atom stereocenters. The van der Waals surface area contributed by atoms with Gasteiger partial charge in [-0.2, -0.15) is 4.98 Å². The zero-order chi connectivity index (χ0) is 19.1. The molecule has 0 saturated heterocycles. The number of anilines is 3. The second-order valence-electron chi connectivity index (χ2n) is 6.19. The first-order valence-corrected chi connectivity index (χ1v) is 9.24. The summed E-state index contributed by atoms with van der Waals surface area (Å²) in [5.74, 6) is 1.29. The van der Waals surface area contributed by atoms with Crippen LogP contribution in [0.15, 0.2) is 54.6 Å². The third-order valence-corrected chi connectivity index (χ3v) is 4.30. The first-order valence-electron chi connectivity index (χ1n) is 8.86. The van der Waals surface area contributed by atoms with Gasteiger partial charge in [-0.05, 0) is 31.0 Å². The van der Waals surface area contributed by atoms with Gasteiger partial charge in [0.15, 0.2) is 0 Å². The van der Waals surface area contributed by atoms with Crippen LogP contribution >= 0.6 is 11.6 Å². The van der Waals surface area contributed by atoms with Crippen molar-refractivity contribution in [3.05, 3.63) is 65.2 Å². The van der Waals surface area contributed by atoms with E-state index in [1.165, 1.54) is 0 Å². The van der Waals surface area contributed by atoms with Crippen molar-refractivity contribution in [2.45, 2.75) is 13.3 Å². The van der Waals surface area contributed by atoms with Crippen LogP contribution in [0.4, 0.5) is 17.5 Å². The molecular weight excluding hydrogens is 360 g/mol. The van der Waals surface area contributed by atoms with Gasteiger partial charge in [0, 0.05) is 42.6 Å². The second kappa shape index (κ2) is 9.35. The van der Waals surface area contributed by atoms with Crippen LogP contribution in [0.5, 0.6) is 0 Å². The number of nitrogens with zero attached hydrogens (tertiary/aromatic N) is 2. The van der Waals surface area contributed by atoms with Crippen LogP contribution in [0.2, 0.25) is 5.02 Å². The minimum atomic E-state index is 0.578. The Morgan fingerprint density at radius 2 is 1.85 bits per heavy atom. The Balaban J connectivity index is 1.90. The van der Waals surface area contributed by atoms with Gasteiger partial charge in [-0.1, -0.05) is 48.0 Å². The average molecular weight is 383 g/mol. The van der Waals surface area contributed by atoms with Gasteiger partial charge in [-0.25, -0.2) is 4.98 Å². The molecule has 2 aromatic carbocycles. The summed E-state index contributed by atoms with van der Waals surface area (Å²) in [5, 5.41) is 7.32. The summed E-state index contributed by atoms with van der Waals surface area (Å²) in [4.78, 5) is 9.26. The van der Waals surface area contributed by atoms with E-state index in [0.717, 1.165) is 35.5 Å². The number of nitrogens with one attached hydrogen (secondary N) is 2. The molecule has 0 aliphatic rings. The van der Waals surface area contributed by atoms with Crippen LogP contribution in [0, 0.1) is 6.92 Å². The molecule has 5 nitrogen and oxygen atoms in total. The second-order valence-corrected chi connectivity index (χ2v) is 6.62. The number of aryl methyl sites for hydroxylation is 1. The largest absolute Gasteiger partial charge is 0.385 e. The van der Waals surface area contributed by atoms with Gasteiger partial charge in [0.25, 0.3) is 0 Å². The Hall–Kier alpha value is -2.63. The molecule has 6 heteroatoms. The molecule has 0 amide bonds. The highest BCUT2D eigenvalue weighted by molar-refractivity contribution is 6.30. The SMILES string of the molecule is COCCCNc1nc(Nc2cc(Cl)ccc2C)cc(-c2ccccc2)n1. The third kappa shape index (κ3) is 5.42. The van der Waals surface area contributed by atoms with E-state index < -0.39 is 0 Å². The summed E-state index contributed by atoms with van der Waals surface area (Å²) in [6.07, 6.45) is 0.881. The predicted molar refractivity (Wildman–Crippen MR) is 112 cm³/mol. The quantitative estimate of drug-likeness (QED) is 0.518. The van der Waals surface area contributed by atoms with Crippen LogP contribution in [-0.4, -0.2) is 30.2 Å². The van der Waals surface area contributed by atoms with Crippen molar-refractivity contribution in [2.75, 3.05) is 30.9 Å². The van der Waals surface area contributed by atoms with Crippen molar-refractivity contribution in [2.24, 2.45) is 0 Å². The number of halogens is 1. The molecule has 2 N–H and O–H groups in total. The van der Waals surface area contributed by atoms with Gasteiger partial charge in [0.1, 0.15) is 5.82 Å². The van der Waals surface area contributed by atoms with E-state index in [4.69, 9.17) is 16.3 Å². The van der Waals surface area contributed by atoms with Crippen LogP contribution in [0.1, 0.15) is 12.0 Å². The molecule has 0 saturated carbocycles. The number of benzene rings is 2. The van der Waals surface area contributed by atoms with Crippen molar-refractivity contribution in [3.63, 3.8) is 0 Å². The Bertz CT molecular complexity index is 887. The van der Waals surface area contributed by atoms with Gasteiger partial charge in [0.2, 0.25) is 5.95 Å². The molecule has 3 aromatic rings. The Labute approximate surface area is 164 Å². The van der Waals surface area contributed by atoms with E-state index in [1.807, 2.05) is 61.5 Å². The lowest BCUT2D eigenvalue weighted by molar-refractivity contribution is 0.197. The lowest BCUT2D eigenvalue weighted by atomic mass is 10.1. The van der Waals surface area contributed by atoms with Gasteiger partial charge < -0.3 is 15.4 Å². The third-order valence-electron chi connectivity index (χ3n) is 4.07. The van der Waals surface area contributed by atoms with Crippen molar-refractivity contribution in [3.8, 4) is 11.3 Å². The molecule has 0 spiro atoms. The van der Waals surface area contributed by atoms with E-state index in [0.29, 0.717) is 23.4 Å². The standard InChI is InChI=1S/C21H23ClN4O/c1-15-9-10-17(22)13-18(15)24-20-14-19(16-7-4-3-5-8-16)25-21(26-20)23-11-6-12-27-2/h3-5,7-10,13-14H,6,11-12H2,1-2H3,(H2,23,24,25,26). The maximum atomic E-state index is 6.14. The van der Waals surface area contributed by atoms with Crippen molar-refractivity contribution >= 4 is 29.1 Å². The molecular formula is C21H23ClN4O. The molecule has 1 aromatic heterocycles. The molecule has 0 unspecified atom stereocenters. The Morgan fingerprint density at radius 3 is 2.63 bits per heavy atom. The molecule has 140 valence electrons. The summed E-state index contributed by atoms with van der Waals surface area (Å²) in [5.41, 5.74) is 3.90. The fourth-order valence-corrected chi connectivity index (χ4v) is 2.80.